The van der Waals surface area contributed by atoms with Gasteiger partial charge in [-0.3, -0.25) is 14.2 Å². The van der Waals surface area contributed by atoms with Crippen molar-refractivity contribution in [2.75, 3.05) is 11.1 Å². The molecule has 0 aliphatic rings. The Labute approximate surface area is 154 Å². The van der Waals surface area contributed by atoms with Gasteiger partial charge in [-0.15, -0.1) is 11.3 Å². The second kappa shape index (κ2) is 7.02. The smallest absolute Gasteiger partial charge is 0.271 e. The predicted molar refractivity (Wildman–Crippen MR) is 103 cm³/mol. The lowest BCUT2D eigenvalue weighted by Gasteiger charge is -2.08. The van der Waals surface area contributed by atoms with Gasteiger partial charge in [0, 0.05) is 16.3 Å². The van der Waals surface area contributed by atoms with Crippen LogP contribution in [0, 0.1) is 3.57 Å². The molecule has 0 saturated heterocycles. The first-order chi connectivity index (χ1) is 11.0. The van der Waals surface area contributed by atoms with Crippen molar-refractivity contribution >= 4 is 67.5 Å². The zero-order valence-electron chi connectivity index (χ0n) is 12.1. The molecule has 1 N–H and O–H groups in total. The number of hydrogen-bond acceptors (Lipinski definition) is 5. The van der Waals surface area contributed by atoms with Crippen LogP contribution in [-0.4, -0.2) is 21.2 Å². The van der Waals surface area contributed by atoms with Crippen molar-refractivity contribution in [2.45, 2.75) is 5.16 Å². The summed E-state index contributed by atoms with van der Waals surface area (Å²) in [4.78, 5) is 28.7. The van der Waals surface area contributed by atoms with Gasteiger partial charge in [0.2, 0.25) is 5.91 Å². The highest BCUT2D eigenvalue weighted by molar-refractivity contribution is 14.1. The molecule has 2 aromatic heterocycles. The summed E-state index contributed by atoms with van der Waals surface area (Å²) in [6, 6.07) is 9.41. The SMILES string of the molecule is Cn1c(SCC(=O)Nc2cccc(I)c2)nc2ccsc2c1=O. The van der Waals surface area contributed by atoms with Crippen molar-refractivity contribution in [3.8, 4) is 0 Å². The van der Waals surface area contributed by atoms with Crippen LogP contribution in [0.2, 0.25) is 0 Å². The minimum absolute atomic E-state index is 0.0782. The van der Waals surface area contributed by atoms with Gasteiger partial charge in [-0.2, -0.15) is 0 Å². The second-order valence-electron chi connectivity index (χ2n) is 4.74. The maximum Gasteiger partial charge on any atom is 0.271 e. The summed E-state index contributed by atoms with van der Waals surface area (Å²) in [6.45, 7) is 0. The molecule has 2 heterocycles. The molecule has 0 aliphatic carbocycles. The van der Waals surface area contributed by atoms with E-state index in [0.29, 0.717) is 15.4 Å². The number of hydrogen-bond donors (Lipinski definition) is 1. The molecule has 1 aromatic carbocycles. The molecular weight excluding hydrogens is 445 g/mol. The topological polar surface area (TPSA) is 64.0 Å². The van der Waals surface area contributed by atoms with Crippen LogP contribution < -0.4 is 10.9 Å². The fourth-order valence-corrected chi connectivity index (χ4v) is 4.11. The van der Waals surface area contributed by atoms with E-state index < -0.39 is 0 Å². The average Bonchev–Trinajstić information content (AvgIpc) is 2.98. The van der Waals surface area contributed by atoms with Crippen LogP contribution >= 0.6 is 45.7 Å². The van der Waals surface area contributed by atoms with Gasteiger partial charge in [-0.1, -0.05) is 17.8 Å². The molecule has 0 saturated carbocycles. The number of amides is 1. The Balaban J connectivity index is 1.72. The third-order valence-electron chi connectivity index (χ3n) is 3.09. The maximum absolute atomic E-state index is 12.2. The standard InChI is InChI=1S/C15H12IN3O2S2/c1-19-14(21)13-11(5-6-22-13)18-15(19)23-8-12(20)17-10-4-2-3-9(16)7-10/h2-7H,8H2,1H3,(H,17,20). The highest BCUT2D eigenvalue weighted by Crippen LogP contribution is 2.20. The lowest BCUT2D eigenvalue weighted by Crippen LogP contribution is -2.20. The second-order valence-corrected chi connectivity index (χ2v) is 7.84. The predicted octanol–water partition coefficient (Wildman–Crippen LogP) is 3.33. The first-order valence-corrected chi connectivity index (χ1v) is 9.61. The zero-order valence-corrected chi connectivity index (χ0v) is 15.9. The van der Waals surface area contributed by atoms with Gasteiger partial charge in [0.15, 0.2) is 5.16 Å². The Morgan fingerprint density at radius 1 is 1.43 bits per heavy atom. The van der Waals surface area contributed by atoms with E-state index in [9.17, 15) is 9.59 Å². The van der Waals surface area contributed by atoms with E-state index in [0.717, 1.165) is 9.26 Å². The van der Waals surface area contributed by atoms with Crippen LogP contribution in [0.15, 0.2) is 45.7 Å². The minimum Gasteiger partial charge on any atom is -0.325 e. The van der Waals surface area contributed by atoms with Crippen LogP contribution in [-0.2, 0) is 11.8 Å². The Morgan fingerprint density at radius 3 is 3.04 bits per heavy atom. The van der Waals surface area contributed by atoms with E-state index >= 15 is 0 Å². The zero-order chi connectivity index (χ0) is 16.4. The van der Waals surface area contributed by atoms with E-state index in [4.69, 9.17) is 0 Å². The number of halogens is 1. The van der Waals surface area contributed by atoms with Gasteiger partial charge in [0.05, 0.1) is 11.3 Å². The van der Waals surface area contributed by atoms with Gasteiger partial charge < -0.3 is 5.32 Å². The number of carbonyl (C=O) groups is 1. The highest BCUT2D eigenvalue weighted by Gasteiger charge is 2.11. The largest absolute Gasteiger partial charge is 0.325 e. The normalized spacial score (nSPS) is 10.9. The average molecular weight is 457 g/mol. The van der Waals surface area contributed by atoms with E-state index in [1.165, 1.54) is 27.7 Å². The van der Waals surface area contributed by atoms with Crippen molar-refractivity contribution in [3.63, 3.8) is 0 Å². The van der Waals surface area contributed by atoms with Gasteiger partial charge in [0.1, 0.15) is 4.70 Å². The summed E-state index contributed by atoms with van der Waals surface area (Å²) < 4.78 is 3.18. The third-order valence-corrected chi connectivity index (χ3v) is 5.68. The number of rotatable bonds is 4. The van der Waals surface area contributed by atoms with Crippen molar-refractivity contribution in [3.05, 3.63) is 49.6 Å². The summed E-state index contributed by atoms with van der Waals surface area (Å²) >= 11 is 4.83. The van der Waals surface area contributed by atoms with Crippen molar-refractivity contribution in [2.24, 2.45) is 7.05 Å². The fourth-order valence-electron chi connectivity index (χ4n) is 1.99. The van der Waals surface area contributed by atoms with E-state index in [1.54, 1.807) is 7.05 Å². The maximum atomic E-state index is 12.2. The summed E-state index contributed by atoms with van der Waals surface area (Å²) in [7, 11) is 1.67. The van der Waals surface area contributed by atoms with Crippen LogP contribution in [0.1, 0.15) is 0 Å². The van der Waals surface area contributed by atoms with Crippen molar-refractivity contribution in [1.82, 2.24) is 9.55 Å². The molecule has 0 bridgehead atoms. The number of benzene rings is 1. The van der Waals surface area contributed by atoms with Gasteiger partial charge in [0.25, 0.3) is 5.56 Å². The molecule has 0 unspecified atom stereocenters. The van der Waals surface area contributed by atoms with Crippen LogP contribution in [0.4, 0.5) is 5.69 Å². The summed E-state index contributed by atoms with van der Waals surface area (Å²) in [6.07, 6.45) is 0. The summed E-state index contributed by atoms with van der Waals surface area (Å²) in [5.74, 6) is 0.0677. The summed E-state index contributed by atoms with van der Waals surface area (Å²) in [5, 5.41) is 5.23. The van der Waals surface area contributed by atoms with Gasteiger partial charge in [-0.25, -0.2) is 4.98 Å². The highest BCUT2D eigenvalue weighted by atomic mass is 127. The lowest BCUT2D eigenvalue weighted by molar-refractivity contribution is -0.113. The van der Waals surface area contributed by atoms with Gasteiger partial charge in [-0.05, 0) is 52.2 Å². The lowest BCUT2D eigenvalue weighted by atomic mass is 10.3. The van der Waals surface area contributed by atoms with Crippen LogP contribution in [0.5, 0.6) is 0 Å². The fraction of sp³-hybridized carbons (Fsp3) is 0.133. The number of nitrogens with zero attached hydrogens (tertiary/aromatic N) is 2. The molecule has 3 rings (SSSR count). The minimum atomic E-state index is -0.128. The quantitative estimate of drug-likeness (QED) is 0.371. The molecule has 8 heteroatoms. The molecule has 1 amide bonds. The number of fused-ring (bicyclic) bond motifs is 1. The molecule has 3 aromatic rings. The first kappa shape index (κ1) is 16.5. The first-order valence-electron chi connectivity index (χ1n) is 6.67. The monoisotopic (exact) mass is 457 g/mol. The number of aromatic nitrogens is 2. The molecule has 118 valence electrons. The molecule has 0 spiro atoms. The van der Waals surface area contributed by atoms with E-state index in [1.807, 2.05) is 35.7 Å². The molecule has 0 atom stereocenters. The number of thiophene rings is 1. The number of nitrogens with one attached hydrogen (secondary N) is 1. The van der Waals surface area contributed by atoms with Crippen LogP contribution in [0.3, 0.4) is 0 Å². The van der Waals surface area contributed by atoms with Crippen molar-refractivity contribution < 1.29 is 4.79 Å². The number of carbonyl (C=O) groups excluding carboxylic acids is 1. The Morgan fingerprint density at radius 2 is 2.26 bits per heavy atom. The molecular formula is C15H12IN3O2S2. The Kier molecular flexibility index (Phi) is 5.02. The van der Waals surface area contributed by atoms with Crippen molar-refractivity contribution in [1.29, 1.82) is 0 Å². The summed E-state index contributed by atoms with van der Waals surface area (Å²) in [5.41, 5.74) is 1.36. The molecule has 5 nitrogen and oxygen atoms in total. The van der Waals surface area contributed by atoms with E-state index in [2.05, 4.69) is 32.9 Å². The molecule has 23 heavy (non-hydrogen) atoms. The van der Waals surface area contributed by atoms with E-state index in [-0.39, 0.29) is 17.2 Å². The molecule has 0 fully saturated rings. The van der Waals surface area contributed by atoms with Crippen LogP contribution in [0.25, 0.3) is 10.2 Å². The number of thioether (sulfide) groups is 1. The third kappa shape index (κ3) is 3.75. The number of anilines is 1. The van der Waals surface area contributed by atoms with Gasteiger partial charge >= 0.3 is 0 Å². The molecule has 0 radical (unpaired) electrons. The Bertz CT molecular complexity index is 936. The molecule has 0 aliphatic heterocycles. The Hall–Kier alpha value is -1.39.